The Morgan fingerprint density at radius 3 is 2.08 bits per heavy atom. The summed E-state index contributed by atoms with van der Waals surface area (Å²) in [6.45, 7) is 4.37. The molecule has 0 radical (unpaired) electrons. The van der Waals surface area contributed by atoms with Crippen molar-refractivity contribution in [2.24, 2.45) is 5.92 Å². The van der Waals surface area contributed by atoms with Gasteiger partial charge in [-0.3, -0.25) is 0 Å². The largest absolute Gasteiger partial charge is 0.303 e. The van der Waals surface area contributed by atoms with Crippen LogP contribution in [0.4, 0.5) is 0 Å². The fourth-order valence-electron chi connectivity index (χ4n) is 1.40. The summed E-state index contributed by atoms with van der Waals surface area (Å²) in [5, 5.41) is 0. The van der Waals surface area contributed by atoms with Crippen molar-refractivity contribution in [2.75, 3.05) is 0 Å². The molecular weight excluding hydrogens is 148 g/mol. The summed E-state index contributed by atoms with van der Waals surface area (Å²) in [7, 11) is 0. The van der Waals surface area contributed by atoms with Crippen LogP contribution in [0.25, 0.3) is 0 Å². The Kier molecular flexibility index (Phi) is 8.52. The predicted molar refractivity (Wildman–Crippen MR) is 53.2 cm³/mol. The van der Waals surface area contributed by atoms with Crippen molar-refractivity contribution in [1.29, 1.82) is 0 Å². The van der Waals surface area contributed by atoms with Crippen LogP contribution in [-0.2, 0) is 4.79 Å². The van der Waals surface area contributed by atoms with Gasteiger partial charge in [0, 0.05) is 5.92 Å². The Bertz CT molecular complexity index is 99.2. The summed E-state index contributed by atoms with van der Waals surface area (Å²) in [6.07, 6.45) is 9.51. The van der Waals surface area contributed by atoms with Crippen LogP contribution in [0.5, 0.6) is 0 Å². The second-order valence-corrected chi connectivity index (χ2v) is 3.53. The molecule has 12 heavy (non-hydrogen) atoms. The predicted octanol–water partition coefficient (Wildman–Crippen LogP) is 3.57. The van der Waals surface area contributed by atoms with E-state index in [1.165, 1.54) is 32.1 Å². The standard InChI is InChI=1S/C11H22O/c1-3-5-7-9-11(10-12)8-6-4-2/h10-11H,3-9H2,1-2H3. The highest BCUT2D eigenvalue weighted by Crippen LogP contribution is 2.14. The van der Waals surface area contributed by atoms with Gasteiger partial charge in [-0.25, -0.2) is 0 Å². The van der Waals surface area contributed by atoms with Crippen molar-refractivity contribution in [3.63, 3.8) is 0 Å². The zero-order valence-electron chi connectivity index (χ0n) is 8.51. The molecule has 0 aromatic heterocycles. The van der Waals surface area contributed by atoms with Crippen LogP contribution in [-0.4, -0.2) is 6.29 Å². The molecule has 0 saturated heterocycles. The fraction of sp³-hybridized carbons (Fsp3) is 0.909. The summed E-state index contributed by atoms with van der Waals surface area (Å²) in [6, 6.07) is 0. The Balaban J connectivity index is 3.32. The van der Waals surface area contributed by atoms with Gasteiger partial charge in [-0.2, -0.15) is 0 Å². The minimum atomic E-state index is 0.344. The molecule has 0 amide bonds. The minimum Gasteiger partial charge on any atom is -0.303 e. The maximum absolute atomic E-state index is 10.6. The van der Waals surface area contributed by atoms with E-state index in [9.17, 15) is 4.79 Å². The third-order valence-electron chi connectivity index (χ3n) is 2.30. The van der Waals surface area contributed by atoms with Gasteiger partial charge >= 0.3 is 0 Å². The highest BCUT2D eigenvalue weighted by atomic mass is 16.1. The van der Waals surface area contributed by atoms with Crippen molar-refractivity contribution >= 4 is 6.29 Å². The van der Waals surface area contributed by atoms with E-state index in [4.69, 9.17) is 0 Å². The van der Waals surface area contributed by atoms with E-state index in [1.54, 1.807) is 0 Å². The second-order valence-electron chi connectivity index (χ2n) is 3.53. The van der Waals surface area contributed by atoms with E-state index in [2.05, 4.69) is 13.8 Å². The van der Waals surface area contributed by atoms with Crippen molar-refractivity contribution < 1.29 is 4.79 Å². The van der Waals surface area contributed by atoms with Gasteiger partial charge in [0.2, 0.25) is 0 Å². The number of carbonyl (C=O) groups excluding carboxylic acids is 1. The van der Waals surface area contributed by atoms with Crippen molar-refractivity contribution in [2.45, 2.75) is 58.8 Å². The molecule has 0 aromatic rings. The Hall–Kier alpha value is -0.330. The van der Waals surface area contributed by atoms with Crippen LogP contribution in [0.3, 0.4) is 0 Å². The molecule has 0 aliphatic heterocycles. The van der Waals surface area contributed by atoms with Crippen LogP contribution >= 0.6 is 0 Å². The highest BCUT2D eigenvalue weighted by molar-refractivity contribution is 5.53. The van der Waals surface area contributed by atoms with E-state index in [0.717, 1.165) is 19.1 Å². The van der Waals surface area contributed by atoms with E-state index in [0.29, 0.717) is 5.92 Å². The molecule has 0 fully saturated rings. The minimum absolute atomic E-state index is 0.344. The van der Waals surface area contributed by atoms with Gasteiger partial charge in [-0.1, -0.05) is 46.0 Å². The lowest BCUT2D eigenvalue weighted by atomic mass is 9.97. The Morgan fingerprint density at radius 2 is 1.58 bits per heavy atom. The highest BCUT2D eigenvalue weighted by Gasteiger charge is 2.05. The maximum Gasteiger partial charge on any atom is 0.123 e. The Morgan fingerprint density at radius 1 is 1.00 bits per heavy atom. The number of rotatable bonds is 8. The summed E-state index contributed by atoms with van der Waals surface area (Å²) < 4.78 is 0. The molecule has 72 valence electrons. The first-order chi connectivity index (χ1) is 5.85. The van der Waals surface area contributed by atoms with Gasteiger partial charge in [0.1, 0.15) is 6.29 Å². The summed E-state index contributed by atoms with van der Waals surface area (Å²) >= 11 is 0. The quantitative estimate of drug-likeness (QED) is 0.402. The molecule has 0 spiro atoms. The molecule has 1 unspecified atom stereocenters. The van der Waals surface area contributed by atoms with Crippen LogP contribution in [0, 0.1) is 5.92 Å². The molecule has 1 heteroatoms. The molecular formula is C11H22O. The average Bonchev–Trinajstić information content (AvgIpc) is 2.11. The van der Waals surface area contributed by atoms with Gasteiger partial charge in [0.25, 0.3) is 0 Å². The molecule has 0 saturated carbocycles. The fourth-order valence-corrected chi connectivity index (χ4v) is 1.40. The molecule has 0 heterocycles. The molecule has 0 bridgehead atoms. The smallest absolute Gasteiger partial charge is 0.123 e. The molecule has 0 aliphatic carbocycles. The SMILES string of the molecule is CCCCCC(C=O)CCCC. The van der Waals surface area contributed by atoms with E-state index in [1.807, 2.05) is 0 Å². The average molecular weight is 170 g/mol. The molecule has 0 N–H and O–H groups in total. The first kappa shape index (κ1) is 11.7. The number of unbranched alkanes of at least 4 members (excludes halogenated alkanes) is 3. The third-order valence-corrected chi connectivity index (χ3v) is 2.30. The Labute approximate surface area is 76.6 Å². The van der Waals surface area contributed by atoms with Gasteiger partial charge in [0.05, 0.1) is 0 Å². The van der Waals surface area contributed by atoms with Crippen molar-refractivity contribution in [3.8, 4) is 0 Å². The lowest BCUT2D eigenvalue weighted by Gasteiger charge is -2.07. The van der Waals surface area contributed by atoms with Crippen LogP contribution in [0.15, 0.2) is 0 Å². The van der Waals surface area contributed by atoms with Crippen molar-refractivity contribution in [3.05, 3.63) is 0 Å². The van der Waals surface area contributed by atoms with Gasteiger partial charge in [-0.05, 0) is 12.8 Å². The lowest BCUT2D eigenvalue weighted by Crippen LogP contribution is -2.01. The number of carbonyl (C=O) groups is 1. The van der Waals surface area contributed by atoms with E-state index < -0.39 is 0 Å². The summed E-state index contributed by atoms with van der Waals surface area (Å²) in [5.41, 5.74) is 0. The lowest BCUT2D eigenvalue weighted by molar-refractivity contribution is -0.111. The first-order valence-electron chi connectivity index (χ1n) is 5.30. The monoisotopic (exact) mass is 170 g/mol. The molecule has 1 nitrogen and oxygen atoms in total. The van der Waals surface area contributed by atoms with Gasteiger partial charge in [0.15, 0.2) is 0 Å². The normalized spacial score (nSPS) is 12.8. The summed E-state index contributed by atoms with van der Waals surface area (Å²) in [4.78, 5) is 10.6. The van der Waals surface area contributed by atoms with E-state index >= 15 is 0 Å². The topological polar surface area (TPSA) is 17.1 Å². The van der Waals surface area contributed by atoms with Gasteiger partial charge in [-0.15, -0.1) is 0 Å². The van der Waals surface area contributed by atoms with Crippen molar-refractivity contribution in [1.82, 2.24) is 0 Å². The molecule has 0 aromatic carbocycles. The van der Waals surface area contributed by atoms with Gasteiger partial charge < -0.3 is 4.79 Å². The van der Waals surface area contributed by atoms with E-state index in [-0.39, 0.29) is 0 Å². The third kappa shape index (κ3) is 6.38. The first-order valence-corrected chi connectivity index (χ1v) is 5.30. The molecule has 0 rings (SSSR count). The summed E-state index contributed by atoms with van der Waals surface area (Å²) in [5.74, 6) is 0.344. The zero-order valence-corrected chi connectivity index (χ0v) is 8.51. The zero-order chi connectivity index (χ0) is 9.23. The van der Waals surface area contributed by atoms with Crippen LogP contribution in [0.2, 0.25) is 0 Å². The van der Waals surface area contributed by atoms with Crippen LogP contribution in [0.1, 0.15) is 58.8 Å². The van der Waals surface area contributed by atoms with Crippen LogP contribution < -0.4 is 0 Å². The number of aldehydes is 1. The maximum atomic E-state index is 10.6. The number of hydrogen-bond acceptors (Lipinski definition) is 1. The number of hydrogen-bond donors (Lipinski definition) is 0. The molecule has 1 atom stereocenters. The molecule has 0 aliphatic rings. The second kappa shape index (κ2) is 8.76.